The summed E-state index contributed by atoms with van der Waals surface area (Å²) in [4.78, 5) is 15.6. The smallest absolute Gasteiger partial charge is 0.164 e. The van der Waals surface area contributed by atoms with Gasteiger partial charge in [0, 0.05) is 76.7 Å². The quantitative estimate of drug-likeness (QED) is 0.159. The fraction of sp³-hybridized carbons (Fsp3) is 0. The third kappa shape index (κ3) is 6.59. The summed E-state index contributed by atoms with van der Waals surface area (Å²) in [6, 6.07) is 87.8. The predicted octanol–water partition coefficient (Wildman–Crippen LogP) is 18.2. The molecular formula is C69H41N5O2. The van der Waals surface area contributed by atoms with Crippen LogP contribution >= 0.6 is 0 Å². The second-order valence-corrected chi connectivity index (χ2v) is 19.5. The number of rotatable bonds is 7. The van der Waals surface area contributed by atoms with Gasteiger partial charge in [0.05, 0.1) is 22.1 Å². The van der Waals surface area contributed by atoms with Gasteiger partial charge in [-0.25, -0.2) is 15.0 Å². The van der Waals surface area contributed by atoms with E-state index in [0.29, 0.717) is 17.5 Å². The van der Waals surface area contributed by atoms with Crippen LogP contribution in [0.4, 0.5) is 0 Å². The molecular weight excluding hydrogens is 931 g/mol. The van der Waals surface area contributed by atoms with Gasteiger partial charge in [-0.05, 0) is 102 Å². The summed E-state index contributed by atoms with van der Waals surface area (Å²) in [5.74, 6) is 1.72. The molecule has 0 bridgehead atoms. The summed E-state index contributed by atoms with van der Waals surface area (Å²) in [6.45, 7) is 0. The topological polar surface area (TPSA) is 74.8 Å². The second-order valence-electron chi connectivity index (χ2n) is 19.5. The Balaban J connectivity index is 0.904. The Morgan fingerprint density at radius 2 is 0.763 bits per heavy atom. The lowest BCUT2D eigenvalue weighted by Crippen LogP contribution is -2.01. The highest BCUT2D eigenvalue weighted by molar-refractivity contribution is 6.16. The molecule has 5 heterocycles. The lowest BCUT2D eigenvalue weighted by Gasteiger charge is -2.14. The second kappa shape index (κ2) is 16.6. The highest BCUT2D eigenvalue weighted by atomic mass is 16.3. The fourth-order valence-electron chi connectivity index (χ4n) is 11.7. The zero-order valence-corrected chi connectivity index (χ0v) is 40.7. The molecule has 0 amide bonds. The molecule has 0 radical (unpaired) electrons. The Kier molecular flexibility index (Phi) is 9.20. The van der Waals surface area contributed by atoms with Crippen molar-refractivity contribution in [2.45, 2.75) is 0 Å². The first kappa shape index (κ1) is 42.2. The van der Waals surface area contributed by atoms with Gasteiger partial charge in [-0.15, -0.1) is 0 Å². The van der Waals surface area contributed by atoms with E-state index in [1.807, 2.05) is 66.7 Å². The zero-order chi connectivity index (χ0) is 49.8. The van der Waals surface area contributed by atoms with Gasteiger partial charge in [0.25, 0.3) is 0 Å². The van der Waals surface area contributed by atoms with Crippen LogP contribution in [0.15, 0.2) is 258 Å². The first-order valence-electron chi connectivity index (χ1n) is 25.6. The van der Waals surface area contributed by atoms with E-state index in [-0.39, 0.29) is 0 Å². The number of hydrogen-bond acceptors (Lipinski definition) is 5. The Morgan fingerprint density at radius 1 is 0.250 bits per heavy atom. The Bertz CT molecular complexity index is 4970. The maximum Gasteiger partial charge on any atom is 0.164 e. The van der Waals surface area contributed by atoms with Crippen molar-refractivity contribution in [2.75, 3.05) is 0 Å². The highest BCUT2D eigenvalue weighted by Crippen LogP contribution is 2.43. The van der Waals surface area contributed by atoms with Crippen LogP contribution in [0.5, 0.6) is 0 Å². The van der Waals surface area contributed by atoms with E-state index in [2.05, 4.69) is 191 Å². The number of benzene rings is 11. The molecule has 0 saturated heterocycles. The van der Waals surface area contributed by atoms with Crippen molar-refractivity contribution >= 4 is 87.5 Å². The average Bonchev–Trinajstić information content (AvgIpc) is 4.31. The van der Waals surface area contributed by atoms with Gasteiger partial charge in [-0.1, -0.05) is 164 Å². The number of para-hydroxylation sites is 5. The maximum atomic E-state index is 6.36. The third-order valence-corrected chi connectivity index (χ3v) is 15.2. The molecule has 5 aromatic heterocycles. The van der Waals surface area contributed by atoms with E-state index in [1.54, 1.807) is 0 Å². The molecule has 7 heteroatoms. The van der Waals surface area contributed by atoms with Crippen LogP contribution in [0.3, 0.4) is 0 Å². The Hall–Kier alpha value is -10.4. The van der Waals surface area contributed by atoms with Crippen LogP contribution in [0.2, 0.25) is 0 Å². The molecule has 0 N–H and O–H groups in total. The summed E-state index contributed by atoms with van der Waals surface area (Å²) in [6.07, 6.45) is 0. The molecule has 354 valence electrons. The molecule has 0 atom stereocenters. The van der Waals surface area contributed by atoms with Crippen LogP contribution in [0.25, 0.3) is 155 Å². The van der Waals surface area contributed by atoms with Gasteiger partial charge in [-0.2, -0.15) is 0 Å². The SMILES string of the molecule is c1ccc(-c2nc(-c3cccc(-n4c5ccc(-n6c7ccccc7c7ccccc76)cc5c5cccc(-c6cccc(-c7ccc8oc9ccccc9c8c7)c6)c54)c3)nc(-c3ccc4c(c3)oc3ccccc34)n2)cc1. The molecule has 0 aliphatic rings. The summed E-state index contributed by atoms with van der Waals surface area (Å²) < 4.78 is 17.4. The lowest BCUT2D eigenvalue weighted by molar-refractivity contribution is 0.668. The Labute approximate surface area is 434 Å². The number of aromatic nitrogens is 5. The van der Waals surface area contributed by atoms with Crippen molar-refractivity contribution in [3.63, 3.8) is 0 Å². The van der Waals surface area contributed by atoms with Crippen molar-refractivity contribution in [1.29, 1.82) is 0 Å². The van der Waals surface area contributed by atoms with Gasteiger partial charge in [0.2, 0.25) is 0 Å². The molecule has 16 aromatic rings. The van der Waals surface area contributed by atoms with Crippen LogP contribution in [-0.2, 0) is 0 Å². The van der Waals surface area contributed by atoms with Crippen molar-refractivity contribution in [2.24, 2.45) is 0 Å². The molecule has 0 aliphatic heterocycles. The summed E-state index contributed by atoms with van der Waals surface area (Å²) >= 11 is 0. The van der Waals surface area contributed by atoms with Crippen molar-refractivity contribution in [1.82, 2.24) is 24.1 Å². The van der Waals surface area contributed by atoms with Gasteiger partial charge in [0.15, 0.2) is 17.5 Å². The molecule has 76 heavy (non-hydrogen) atoms. The van der Waals surface area contributed by atoms with E-state index in [0.717, 1.165) is 116 Å². The largest absolute Gasteiger partial charge is 0.456 e. The number of furan rings is 2. The fourth-order valence-corrected chi connectivity index (χ4v) is 11.7. The molecule has 0 spiro atoms. The normalized spacial score (nSPS) is 11.9. The third-order valence-electron chi connectivity index (χ3n) is 15.2. The first-order chi connectivity index (χ1) is 37.6. The van der Waals surface area contributed by atoms with Crippen molar-refractivity contribution < 1.29 is 8.83 Å². The van der Waals surface area contributed by atoms with E-state index in [1.165, 1.54) is 21.8 Å². The standard InChI is InChI=1S/C69H41N5O2/c1-2-15-42(16-3-1)67-70-68(72-69(71-67)47-31-34-55-53-23-6-10-29-62(53)76-65(55)40-47)46-19-13-20-48(38-46)74-61-35-33-49(73-59-27-8-4-21-51(59)52-22-5-9-28-60(52)73)41-57(61)56-26-14-25-50(66(56)74)45-18-12-17-43(37-45)44-32-36-64-58(39-44)54-24-7-11-30-63(54)75-64/h1-41H. The van der Waals surface area contributed by atoms with E-state index in [4.69, 9.17) is 23.8 Å². The molecule has 11 aromatic carbocycles. The molecule has 0 fully saturated rings. The lowest BCUT2D eigenvalue weighted by atomic mass is 9.96. The minimum Gasteiger partial charge on any atom is -0.456 e. The zero-order valence-electron chi connectivity index (χ0n) is 40.7. The molecule has 7 nitrogen and oxygen atoms in total. The van der Waals surface area contributed by atoms with Crippen LogP contribution in [0, 0.1) is 0 Å². The maximum absolute atomic E-state index is 6.36. The van der Waals surface area contributed by atoms with Crippen LogP contribution < -0.4 is 0 Å². The average molecular weight is 972 g/mol. The predicted molar refractivity (Wildman–Crippen MR) is 310 cm³/mol. The van der Waals surface area contributed by atoms with Crippen molar-refractivity contribution in [3.8, 4) is 67.8 Å². The molecule has 0 unspecified atom stereocenters. The molecule has 0 aliphatic carbocycles. The molecule has 16 rings (SSSR count). The minimum atomic E-state index is 0.563. The summed E-state index contributed by atoms with van der Waals surface area (Å²) in [5.41, 5.74) is 17.1. The van der Waals surface area contributed by atoms with Gasteiger partial charge in [0.1, 0.15) is 22.3 Å². The molecule has 0 saturated carbocycles. The van der Waals surface area contributed by atoms with Gasteiger partial charge >= 0.3 is 0 Å². The number of hydrogen-bond donors (Lipinski definition) is 0. The summed E-state index contributed by atoms with van der Waals surface area (Å²) in [5, 5.41) is 9.09. The monoisotopic (exact) mass is 971 g/mol. The first-order valence-corrected chi connectivity index (χ1v) is 25.6. The van der Waals surface area contributed by atoms with E-state index in [9.17, 15) is 0 Å². The number of nitrogens with zero attached hydrogens (tertiary/aromatic N) is 5. The van der Waals surface area contributed by atoms with E-state index >= 15 is 0 Å². The highest BCUT2D eigenvalue weighted by Gasteiger charge is 2.22. The van der Waals surface area contributed by atoms with Crippen LogP contribution in [0.1, 0.15) is 0 Å². The van der Waals surface area contributed by atoms with Crippen molar-refractivity contribution in [3.05, 3.63) is 249 Å². The van der Waals surface area contributed by atoms with E-state index < -0.39 is 0 Å². The Morgan fingerprint density at radius 3 is 1.54 bits per heavy atom. The van der Waals surface area contributed by atoms with Gasteiger partial charge < -0.3 is 18.0 Å². The van der Waals surface area contributed by atoms with Crippen LogP contribution in [-0.4, -0.2) is 24.1 Å². The minimum absolute atomic E-state index is 0.563. The summed E-state index contributed by atoms with van der Waals surface area (Å²) in [7, 11) is 0. The van der Waals surface area contributed by atoms with Gasteiger partial charge in [-0.3, -0.25) is 0 Å². The number of fused-ring (bicyclic) bond motifs is 12.